The highest BCUT2D eigenvalue weighted by Crippen LogP contribution is 2.24. The standard InChI is InChI=1S/C24H28N2O4/c1-15-10-16(2)22(17(3)11-15)25-23(28)18(4)30-24(29)20-12-21(27)26(14-20)13-19-8-6-5-7-9-19/h5-11,18,20H,12-14H2,1-4H3,(H,25,28)/t18-,20-/m0/s1. The van der Waals surface area contributed by atoms with Gasteiger partial charge >= 0.3 is 5.97 Å². The number of hydrogen-bond donors (Lipinski definition) is 1. The summed E-state index contributed by atoms with van der Waals surface area (Å²) < 4.78 is 5.39. The van der Waals surface area contributed by atoms with Gasteiger partial charge in [-0.25, -0.2) is 0 Å². The summed E-state index contributed by atoms with van der Waals surface area (Å²) in [5.41, 5.74) is 4.78. The van der Waals surface area contributed by atoms with Gasteiger partial charge in [-0.1, -0.05) is 48.0 Å². The molecule has 6 heteroatoms. The van der Waals surface area contributed by atoms with Gasteiger partial charge in [0.25, 0.3) is 5.91 Å². The molecular weight excluding hydrogens is 380 g/mol. The molecule has 2 aromatic rings. The van der Waals surface area contributed by atoms with Crippen molar-refractivity contribution in [3.8, 4) is 0 Å². The van der Waals surface area contributed by atoms with Gasteiger partial charge in [-0.15, -0.1) is 0 Å². The van der Waals surface area contributed by atoms with Gasteiger partial charge in [0.05, 0.1) is 5.92 Å². The molecule has 1 saturated heterocycles. The number of nitrogens with zero attached hydrogens (tertiary/aromatic N) is 1. The maximum absolute atomic E-state index is 12.6. The van der Waals surface area contributed by atoms with Crippen LogP contribution < -0.4 is 5.32 Å². The van der Waals surface area contributed by atoms with Crippen LogP contribution in [0.5, 0.6) is 0 Å². The van der Waals surface area contributed by atoms with E-state index in [-0.39, 0.29) is 18.2 Å². The molecule has 2 aromatic carbocycles. The molecule has 0 bridgehead atoms. The molecule has 1 aliphatic rings. The summed E-state index contributed by atoms with van der Waals surface area (Å²) in [5, 5.41) is 2.86. The number of hydrogen-bond acceptors (Lipinski definition) is 4. The maximum atomic E-state index is 12.6. The van der Waals surface area contributed by atoms with E-state index in [1.165, 1.54) is 0 Å². The van der Waals surface area contributed by atoms with E-state index in [0.717, 1.165) is 27.9 Å². The zero-order valence-corrected chi connectivity index (χ0v) is 17.9. The molecular formula is C24H28N2O4. The molecule has 1 N–H and O–H groups in total. The fraction of sp³-hybridized carbons (Fsp3) is 0.375. The van der Waals surface area contributed by atoms with Crippen molar-refractivity contribution >= 4 is 23.5 Å². The van der Waals surface area contributed by atoms with Crippen LogP contribution in [-0.4, -0.2) is 35.3 Å². The number of likely N-dealkylation sites (tertiary alicyclic amines) is 1. The van der Waals surface area contributed by atoms with Gasteiger partial charge in [0, 0.05) is 25.2 Å². The molecule has 3 rings (SSSR count). The van der Waals surface area contributed by atoms with E-state index in [4.69, 9.17) is 4.74 Å². The van der Waals surface area contributed by atoms with Gasteiger partial charge in [-0.05, 0) is 44.4 Å². The second kappa shape index (κ2) is 9.11. The Bertz CT molecular complexity index is 932. The normalized spacial score (nSPS) is 17.0. The fourth-order valence-electron chi connectivity index (χ4n) is 3.81. The Morgan fingerprint density at radius 1 is 1.13 bits per heavy atom. The van der Waals surface area contributed by atoms with Crippen molar-refractivity contribution in [2.75, 3.05) is 11.9 Å². The zero-order valence-electron chi connectivity index (χ0n) is 17.9. The molecule has 30 heavy (non-hydrogen) atoms. The summed E-state index contributed by atoms with van der Waals surface area (Å²) >= 11 is 0. The van der Waals surface area contributed by atoms with Crippen LogP contribution in [0.1, 0.15) is 35.6 Å². The third-order valence-electron chi connectivity index (χ3n) is 5.35. The molecule has 0 aliphatic carbocycles. The summed E-state index contributed by atoms with van der Waals surface area (Å²) in [6.07, 6.45) is -0.841. The molecule has 2 amide bonds. The number of nitrogens with one attached hydrogen (secondary N) is 1. The van der Waals surface area contributed by atoms with Crippen LogP contribution >= 0.6 is 0 Å². The number of rotatable bonds is 6. The minimum absolute atomic E-state index is 0.0798. The Balaban J connectivity index is 1.56. The van der Waals surface area contributed by atoms with E-state index in [1.54, 1.807) is 11.8 Å². The minimum Gasteiger partial charge on any atom is -0.452 e. The van der Waals surface area contributed by atoms with Crippen molar-refractivity contribution in [3.05, 3.63) is 64.7 Å². The summed E-state index contributed by atoms with van der Waals surface area (Å²) in [6, 6.07) is 13.6. The summed E-state index contributed by atoms with van der Waals surface area (Å²) in [7, 11) is 0. The van der Waals surface area contributed by atoms with E-state index >= 15 is 0 Å². The first-order chi connectivity index (χ1) is 14.2. The summed E-state index contributed by atoms with van der Waals surface area (Å²) in [4.78, 5) is 39.1. The van der Waals surface area contributed by atoms with Gasteiger partial charge in [0.2, 0.25) is 5.91 Å². The van der Waals surface area contributed by atoms with Gasteiger partial charge in [-0.2, -0.15) is 0 Å². The lowest BCUT2D eigenvalue weighted by Gasteiger charge is -2.19. The highest BCUT2D eigenvalue weighted by Gasteiger charge is 2.36. The first-order valence-corrected chi connectivity index (χ1v) is 10.2. The van der Waals surface area contributed by atoms with Crippen LogP contribution in [0.4, 0.5) is 5.69 Å². The number of ether oxygens (including phenoxy) is 1. The summed E-state index contributed by atoms with van der Waals surface area (Å²) in [6.45, 7) is 8.17. The minimum atomic E-state index is -0.948. The molecule has 2 atom stereocenters. The number of carbonyl (C=O) groups excluding carboxylic acids is 3. The lowest BCUT2D eigenvalue weighted by atomic mass is 10.0. The second-order valence-corrected chi connectivity index (χ2v) is 8.00. The van der Waals surface area contributed by atoms with Crippen LogP contribution in [0.25, 0.3) is 0 Å². The third kappa shape index (κ3) is 5.06. The number of benzene rings is 2. The van der Waals surface area contributed by atoms with Crippen molar-refractivity contribution in [2.45, 2.75) is 46.8 Å². The van der Waals surface area contributed by atoms with Crippen molar-refractivity contribution < 1.29 is 19.1 Å². The van der Waals surface area contributed by atoms with Gasteiger partial charge < -0.3 is 15.0 Å². The SMILES string of the molecule is Cc1cc(C)c(NC(=O)[C@H](C)OC(=O)[C@H]2CC(=O)N(Cc3ccccc3)C2)c(C)c1. The molecule has 0 aromatic heterocycles. The van der Waals surface area contributed by atoms with Crippen molar-refractivity contribution in [1.82, 2.24) is 4.90 Å². The Hall–Kier alpha value is -3.15. The number of carbonyl (C=O) groups is 3. The lowest BCUT2D eigenvalue weighted by Crippen LogP contribution is -2.33. The smallest absolute Gasteiger partial charge is 0.312 e. The van der Waals surface area contributed by atoms with E-state index in [2.05, 4.69) is 5.32 Å². The number of aryl methyl sites for hydroxylation is 3. The Kier molecular flexibility index (Phi) is 6.55. The predicted octanol–water partition coefficient (Wildman–Crippen LogP) is 3.53. The molecule has 1 fully saturated rings. The Morgan fingerprint density at radius 2 is 1.77 bits per heavy atom. The lowest BCUT2D eigenvalue weighted by molar-refractivity contribution is -0.157. The van der Waals surface area contributed by atoms with E-state index in [0.29, 0.717) is 13.1 Å². The van der Waals surface area contributed by atoms with Gasteiger partial charge in [0.1, 0.15) is 0 Å². The zero-order chi connectivity index (χ0) is 21.8. The Labute approximate surface area is 177 Å². The monoisotopic (exact) mass is 408 g/mol. The van der Waals surface area contributed by atoms with Crippen LogP contribution in [-0.2, 0) is 25.7 Å². The quantitative estimate of drug-likeness (QED) is 0.742. The van der Waals surface area contributed by atoms with Crippen molar-refractivity contribution in [1.29, 1.82) is 0 Å². The van der Waals surface area contributed by atoms with Crippen LogP contribution in [0.2, 0.25) is 0 Å². The number of amides is 2. The molecule has 1 aliphatic heterocycles. The van der Waals surface area contributed by atoms with Crippen LogP contribution in [0.3, 0.4) is 0 Å². The molecule has 6 nitrogen and oxygen atoms in total. The van der Waals surface area contributed by atoms with Crippen molar-refractivity contribution in [2.24, 2.45) is 5.92 Å². The first kappa shape index (κ1) is 21.6. The molecule has 0 spiro atoms. The van der Waals surface area contributed by atoms with Crippen molar-refractivity contribution in [3.63, 3.8) is 0 Å². The van der Waals surface area contributed by atoms with E-state index in [9.17, 15) is 14.4 Å². The number of anilines is 1. The largest absolute Gasteiger partial charge is 0.452 e. The van der Waals surface area contributed by atoms with E-state index in [1.807, 2.05) is 63.2 Å². The molecule has 0 unspecified atom stereocenters. The van der Waals surface area contributed by atoms with Gasteiger partial charge in [0.15, 0.2) is 6.10 Å². The average Bonchev–Trinajstić information content (AvgIpc) is 3.05. The third-order valence-corrected chi connectivity index (χ3v) is 5.35. The highest BCUT2D eigenvalue weighted by molar-refractivity contribution is 5.97. The summed E-state index contributed by atoms with van der Waals surface area (Å²) in [5.74, 6) is -1.54. The first-order valence-electron chi connectivity index (χ1n) is 10.2. The molecule has 0 radical (unpaired) electrons. The second-order valence-electron chi connectivity index (χ2n) is 8.00. The van der Waals surface area contributed by atoms with E-state index < -0.39 is 18.0 Å². The average molecular weight is 408 g/mol. The topological polar surface area (TPSA) is 75.7 Å². The molecule has 0 saturated carbocycles. The van der Waals surface area contributed by atoms with Crippen LogP contribution in [0, 0.1) is 26.7 Å². The van der Waals surface area contributed by atoms with Gasteiger partial charge in [-0.3, -0.25) is 14.4 Å². The van der Waals surface area contributed by atoms with Crippen LogP contribution in [0.15, 0.2) is 42.5 Å². The molecule has 1 heterocycles. The number of esters is 1. The highest BCUT2D eigenvalue weighted by atomic mass is 16.5. The predicted molar refractivity (Wildman–Crippen MR) is 115 cm³/mol. The molecule has 158 valence electrons. The fourth-order valence-corrected chi connectivity index (χ4v) is 3.81. The Morgan fingerprint density at radius 3 is 2.40 bits per heavy atom. The maximum Gasteiger partial charge on any atom is 0.312 e.